The molecule has 1 amide bonds. The number of carbonyl (C=O) groups excluding carboxylic acids is 1. The number of hydrogen-bond acceptors (Lipinski definition) is 4. The molecule has 0 fully saturated rings. The average Bonchev–Trinajstić information content (AvgIpc) is 2.74. The summed E-state index contributed by atoms with van der Waals surface area (Å²) in [5.41, 5.74) is 1.27. The van der Waals surface area contributed by atoms with Crippen molar-refractivity contribution in [2.75, 3.05) is 12.4 Å². The maximum absolute atomic E-state index is 12.0. The lowest BCUT2D eigenvalue weighted by Crippen LogP contribution is -2.12. The number of carbonyl (C=O) groups is 1. The predicted molar refractivity (Wildman–Crippen MR) is 72.8 cm³/mol. The minimum Gasteiger partial charge on any atom is -0.497 e. The van der Waals surface area contributed by atoms with Crippen molar-refractivity contribution in [2.45, 2.75) is 6.92 Å². The van der Waals surface area contributed by atoms with Gasteiger partial charge in [0.2, 0.25) is 0 Å². The van der Waals surface area contributed by atoms with Crippen molar-refractivity contribution in [3.63, 3.8) is 0 Å². The Morgan fingerprint density at radius 2 is 2.28 bits per heavy atom. The van der Waals surface area contributed by atoms with E-state index in [-0.39, 0.29) is 5.91 Å². The average molecular weight is 283 g/mol. The Hall–Kier alpha value is -1.59. The topological polar surface area (TPSA) is 51.2 Å². The smallest absolute Gasteiger partial charge is 0.258 e. The number of aryl methyl sites for hydroxylation is 1. The largest absolute Gasteiger partial charge is 0.497 e. The van der Waals surface area contributed by atoms with Gasteiger partial charge < -0.3 is 4.74 Å². The fourth-order valence-electron chi connectivity index (χ4n) is 1.38. The summed E-state index contributed by atoms with van der Waals surface area (Å²) in [4.78, 5) is 16.1. The fraction of sp³-hybridized carbons (Fsp3) is 0.167. The van der Waals surface area contributed by atoms with Crippen LogP contribution in [0.15, 0.2) is 23.6 Å². The molecule has 0 radical (unpaired) electrons. The van der Waals surface area contributed by atoms with Crippen LogP contribution in [0.3, 0.4) is 0 Å². The molecule has 0 aliphatic rings. The van der Waals surface area contributed by atoms with Crippen molar-refractivity contribution in [2.24, 2.45) is 0 Å². The third-order valence-electron chi connectivity index (χ3n) is 2.26. The number of thiazole rings is 1. The molecule has 1 aromatic carbocycles. The molecule has 0 atom stereocenters. The molecule has 2 rings (SSSR count). The molecular weight excluding hydrogens is 272 g/mol. The molecule has 0 unspecified atom stereocenters. The monoisotopic (exact) mass is 282 g/mol. The summed E-state index contributed by atoms with van der Waals surface area (Å²) < 4.78 is 5.02. The van der Waals surface area contributed by atoms with Crippen LogP contribution in [0.1, 0.15) is 16.1 Å². The Morgan fingerprint density at radius 1 is 1.50 bits per heavy atom. The normalized spacial score (nSPS) is 10.2. The van der Waals surface area contributed by atoms with Crippen molar-refractivity contribution < 1.29 is 9.53 Å². The summed E-state index contributed by atoms with van der Waals surface area (Å²) in [5, 5.41) is 5.47. The van der Waals surface area contributed by atoms with Crippen LogP contribution < -0.4 is 10.1 Å². The third kappa shape index (κ3) is 2.80. The van der Waals surface area contributed by atoms with Crippen molar-refractivity contribution in [1.29, 1.82) is 0 Å². The molecule has 0 saturated carbocycles. The van der Waals surface area contributed by atoms with Gasteiger partial charge in [-0.2, -0.15) is 0 Å². The Balaban J connectivity index is 2.18. The Bertz CT molecular complexity index is 583. The number of rotatable bonds is 3. The first kappa shape index (κ1) is 12.9. The van der Waals surface area contributed by atoms with Crippen molar-refractivity contribution in [3.8, 4) is 5.75 Å². The third-order valence-corrected chi connectivity index (χ3v) is 3.45. The summed E-state index contributed by atoms with van der Waals surface area (Å²) in [6.45, 7) is 1.87. The first-order valence-corrected chi connectivity index (χ1v) is 6.43. The highest BCUT2D eigenvalue weighted by atomic mass is 35.5. The Kier molecular flexibility index (Phi) is 3.84. The highest BCUT2D eigenvalue weighted by molar-refractivity contribution is 7.13. The van der Waals surface area contributed by atoms with Crippen LogP contribution in [0.2, 0.25) is 5.02 Å². The predicted octanol–water partition coefficient (Wildman–Crippen LogP) is 3.37. The lowest BCUT2D eigenvalue weighted by Gasteiger charge is -2.06. The highest BCUT2D eigenvalue weighted by Crippen LogP contribution is 2.24. The summed E-state index contributed by atoms with van der Waals surface area (Å²) in [7, 11) is 1.55. The van der Waals surface area contributed by atoms with Crippen LogP contribution in [0, 0.1) is 6.92 Å². The van der Waals surface area contributed by atoms with Gasteiger partial charge >= 0.3 is 0 Å². The zero-order chi connectivity index (χ0) is 13.1. The molecule has 6 heteroatoms. The number of amides is 1. The molecule has 1 aromatic heterocycles. The van der Waals surface area contributed by atoms with E-state index in [0.29, 0.717) is 21.5 Å². The van der Waals surface area contributed by atoms with E-state index in [4.69, 9.17) is 16.3 Å². The number of halogens is 1. The van der Waals surface area contributed by atoms with Gasteiger partial charge in [-0.25, -0.2) is 4.98 Å². The van der Waals surface area contributed by atoms with E-state index in [1.54, 1.807) is 25.3 Å². The number of ether oxygens (including phenoxy) is 1. The number of benzene rings is 1. The van der Waals surface area contributed by atoms with Gasteiger partial charge in [-0.15, -0.1) is 11.3 Å². The summed E-state index contributed by atoms with van der Waals surface area (Å²) in [6, 6.07) is 4.91. The molecule has 0 saturated heterocycles. The van der Waals surface area contributed by atoms with Gasteiger partial charge in [0.1, 0.15) is 5.75 Å². The van der Waals surface area contributed by atoms with Gasteiger partial charge in [-0.05, 0) is 25.1 Å². The van der Waals surface area contributed by atoms with Gasteiger partial charge in [0.15, 0.2) is 5.13 Å². The van der Waals surface area contributed by atoms with Crippen molar-refractivity contribution in [3.05, 3.63) is 39.9 Å². The molecule has 0 aliphatic carbocycles. The second-order valence-corrected chi connectivity index (χ2v) is 4.86. The maximum Gasteiger partial charge on any atom is 0.258 e. The summed E-state index contributed by atoms with van der Waals surface area (Å²) in [5.74, 6) is 0.332. The highest BCUT2D eigenvalue weighted by Gasteiger charge is 2.12. The number of aromatic nitrogens is 1. The Morgan fingerprint density at radius 3 is 2.83 bits per heavy atom. The quantitative estimate of drug-likeness (QED) is 0.939. The minimum absolute atomic E-state index is 0.281. The molecule has 4 nitrogen and oxygen atoms in total. The molecule has 94 valence electrons. The number of methoxy groups -OCH3 is 1. The van der Waals surface area contributed by atoms with E-state index in [1.807, 2.05) is 12.3 Å². The zero-order valence-corrected chi connectivity index (χ0v) is 11.4. The minimum atomic E-state index is -0.281. The standard InChI is InChI=1S/C12H11ClN2O2S/c1-7-6-18-12(14-7)15-11(16)9-4-3-8(17-2)5-10(9)13/h3-6H,1-2H3,(H,14,15,16). The van der Waals surface area contributed by atoms with E-state index >= 15 is 0 Å². The van der Waals surface area contributed by atoms with E-state index in [1.165, 1.54) is 11.3 Å². The van der Waals surface area contributed by atoms with E-state index in [0.717, 1.165) is 5.69 Å². The number of anilines is 1. The second-order valence-electron chi connectivity index (χ2n) is 3.59. The van der Waals surface area contributed by atoms with E-state index < -0.39 is 0 Å². The second kappa shape index (κ2) is 5.37. The zero-order valence-electron chi connectivity index (χ0n) is 9.86. The molecule has 2 aromatic rings. The molecular formula is C12H11ClN2O2S. The van der Waals surface area contributed by atoms with E-state index in [2.05, 4.69) is 10.3 Å². The lowest BCUT2D eigenvalue weighted by atomic mass is 10.2. The molecule has 0 spiro atoms. The van der Waals surface area contributed by atoms with Gasteiger partial charge in [-0.1, -0.05) is 11.6 Å². The fourth-order valence-corrected chi connectivity index (χ4v) is 2.32. The first-order chi connectivity index (χ1) is 8.60. The number of hydrogen-bond donors (Lipinski definition) is 1. The lowest BCUT2D eigenvalue weighted by molar-refractivity contribution is 0.102. The molecule has 1 heterocycles. The van der Waals surface area contributed by atoms with Crippen molar-refractivity contribution >= 4 is 34.0 Å². The molecule has 1 N–H and O–H groups in total. The van der Waals surface area contributed by atoms with Crippen LogP contribution in [0.5, 0.6) is 5.75 Å². The van der Waals surface area contributed by atoms with Crippen LogP contribution in [0.25, 0.3) is 0 Å². The maximum atomic E-state index is 12.0. The van der Waals surface area contributed by atoms with Crippen LogP contribution in [-0.2, 0) is 0 Å². The summed E-state index contributed by atoms with van der Waals surface area (Å²) in [6.07, 6.45) is 0. The molecule has 0 aliphatic heterocycles. The van der Waals surface area contributed by atoms with Crippen LogP contribution >= 0.6 is 22.9 Å². The Labute approximate surface area is 114 Å². The van der Waals surface area contributed by atoms with Crippen molar-refractivity contribution in [1.82, 2.24) is 4.98 Å². The van der Waals surface area contributed by atoms with Gasteiger partial charge in [-0.3, -0.25) is 10.1 Å². The number of nitrogens with one attached hydrogen (secondary N) is 1. The van der Waals surface area contributed by atoms with Crippen LogP contribution in [0.4, 0.5) is 5.13 Å². The SMILES string of the molecule is COc1ccc(C(=O)Nc2nc(C)cs2)c(Cl)c1. The molecule has 18 heavy (non-hydrogen) atoms. The number of nitrogens with zero attached hydrogens (tertiary/aromatic N) is 1. The van der Waals surface area contributed by atoms with Gasteiger partial charge in [0.05, 0.1) is 23.4 Å². The summed E-state index contributed by atoms with van der Waals surface area (Å²) >= 11 is 7.39. The van der Waals surface area contributed by atoms with Gasteiger partial charge in [0.25, 0.3) is 5.91 Å². The van der Waals surface area contributed by atoms with Gasteiger partial charge in [0, 0.05) is 5.38 Å². The first-order valence-electron chi connectivity index (χ1n) is 5.17. The van der Waals surface area contributed by atoms with Crippen LogP contribution in [-0.4, -0.2) is 18.0 Å². The van der Waals surface area contributed by atoms with E-state index in [9.17, 15) is 4.79 Å². The molecule has 0 bridgehead atoms.